The zero-order chi connectivity index (χ0) is 28.0. The van der Waals surface area contributed by atoms with Gasteiger partial charge in [-0.05, 0) is 6.42 Å². The van der Waals surface area contributed by atoms with Crippen LogP contribution in [-0.4, -0.2) is 91.8 Å². The fourth-order valence-electron chi connectivity index (χ4n) is 4.18. The molecule has 0 unspecified atom stereocenters. The zero-order valence-electron chi connectivity index (χ0n) is 20.8. The molecule has 8 atom stereocenters. The molecule has 0 amide bonds. The van der Waals surface area contributed by atoms with Crippen LogP contribution in [0.1, 0.15) is 55.5 Å². The van der Waals surface area contributed by atoms with Gasteiger partial charge in [-0.1, -0.05) is 13.8 Å². The molecule has 2 aliphatic rings. The summed E-state index contributed by atoms with van der Waals surface area (Å²) in [6.45, 7) is 3.34. The van der Waals surface area contributed by atoms with Crippen LogP contribution >= 0.6 is 0 Å². The van der Waals surface area contributed by atoms with Crippen LogP contribution in [0.25, 0.3) is 0 Å². The number of ether oxygens (including phenoxy) is 2. The maximum atomic E-state index is 14.2. The van der Waals surface area contributed by atoms with Crippen LogP contribution in [-0.2, 0) is 9.47 Å². The van der Waals surface area contributed by atoms with Crippen LogP contribution < -0.4 is 11.5 Å². The third-order valence-electron chi connectivity index (χ3n) is 6.28. The minimum atomic E-state index is -1.68. The van der Waals surface area contributed by atoms with Gasteiger partial charge in [-0.3, -0.25) is 10.8 Å². The highest BCUT2D eigenvalue weighted by Gasteiger charge is 2.45. The fraction of sp³-hybridized carbons (Fsp3) is 0.545. The predicted molar refractivity (Wildman–Crippen MR) is 134 cm³/mol. The monoisotopic (exact) mass is 538 g/mol. The number of H-pyrrole nitrogens is 2. The van der Waals surface area contributed by atoms with Crippen LogP contribution in [0.2, 0.25) is 0 Å². The first-order valence-corrected chi connectivity index (χ1v) is 11.8. The van der Waals surface area contributed by atoms with Crippen molar-refractivity contribution in [2.75, 3.05) is 6.61 Å². The van der Waals surface area contributed by atoms with Gasteiger partial charge in [-0.15, -0.1) is 0 Å². The van der Waals surface area contributed by atoms with Crippen molar-refractivity contribution in [1.29, 1.82) is 10.8 Å². The minimum absolute atomic E-state index is 0.0839. The first-order chi connectivity index (χ1) is 18.2. The topological polar surface area (TPSA) is 241 Å². The normalized spacial score (nSPS) is 31.4. The fourth-order valence-corrected chi connectivity index (χ4v) is 4.18. The number of hydrogen-bond acceptors (Lipinski definition) is 8. The third kappa shape index (κ3) is 6.09. The van der Waals surface area contributed by atoms with Gasteiger partial charge in [0.1, 0.15) is 36.9 Å². The van der Waals surface area contributed by atoms with Gasteiger partial charge in [0.05, 0.1) is 42.8 Å². The van der Waals surface area contributed by atoms with Crippen LogP contribution in [0.15, 0.2) is 22.4 Å². The van der Waals surface area contributed by atoms with E-state index < -0.39 is 43.4 Å². The number of nitrogens with one attached hydrogen (secondary N) is 4. The van der Waals surface area contributed by atoms with Crippen molar-refractivity contribution < 1.29 is 28.5 Å². The Bertz CT molecular complexity index is 1150. The zero-order valence-corrected chi connectivity index (χ0v) is 20.8. The number of hydrogen-bond donors (Lipinski definition) is 8. The van der Waals surface area contributed by atoms with E-state index in [0.29, 0.717) is 11.5 Å². The molecule has 4 heterocycles. The smallest absolute Gasteiger partial charge is 0.189 e. The third-order valence-corrected chi connectivity index (χ3v) is 6.28. The Hall–Kier alpha value is -3.60. The summed E-state index contributed by atoms with van der Waals surface area (Å²) < 4.78 is 38.9. The van der Waals surface area contributed by atoms with E-state index in [1.54, 1.807) is 0 Å². The Labute approximate surface area is 216 Å². The lowest BCUT2D eigenvalue weighted by atomic mass is 9.97. The molecule has 0 aliphatic carbocycles. The standard InChI is InChI=1S/C12H18FN5O.C10H14FN5O3/c1-3-8-6(2)9(13)10(19-8)7-4-16-12(18-7)11(15)17-5-14;11-6-7(18)5(2-17)19-8(6)4-1-14-10(16-4)9(13)15-3-12/h4-6,8-10H,3H2,1-2H3,(H,16,18)(H3,14,15,17);1,3,5-8,17-18H,2H2,(H,14,16)(H3,12,13,15)/t6-,8-,9-,10+;5-,6-,7-,8+/m11/s1. The number of amidine groups is 2. The molecule has 2 aromatic rings. The van der Waals surface area contributed by atoms with E-state index >= 15 is 0 Å². The van der Waals surface area contributed by atoms with Crippen molar-refractivity contribution >= 4 is 24.3 Å². The van der Waals surface area contributed by atoms with Gasteiger partial charge in [-0.2, -0.15) is 0 Å². The molecule has 38 heavy (non-hydrogen) atoms. The number of rotatable bonds is 7. The molecule has 0 saturated carbocycles. The van der Waals surface area contributed by atoms with Gasteiger partial charge < -0.3 is 41.1 Å². The molecule has 4 rings (SSSR count). The van der Waals surface area contributed by atoms with Crippen molar-refractivity contribution in [1.82, 2.24) is 19.9 Å². The number of aliphatic hydroxyl groups is 2. The van der Waals surface area contributed by atoms with Crippen molar-refractivity contribution in [3.05, 3.63) is 35.4 Å². The number of alkyl halides is 2. The van der Waals surface area contributed by atoms with Gasteiger partial charge in [0, 0.05) is 5.92 Å². The summed E-state index contributed by atoms with van der Waals surface area (Å²) in [5, 5.41) is 32.8. The molecule has 14 nitrogen and oxygen atoms in total. The molecular formula is C22H32F2N10O4. The highest BCUT2D eigenvalue weighted by molar-refractivity contribution is 5.98. The highest BCUT2D eigenvalue weighted by Crippen LogP contribution is 2.39. The molecule has 0 aromatic carbocycles. The largest absolute Gasteiger partial charge is 0.394 e. The van der Waals surface area contributed by atoms with Crippen LogP contribution in [0.5, 0.6) is 0 Å². The number of imidazole rings is 2. The second-order valence-corrected chi connectivity index (χ2v) is 8.66. The highest BCUT2D eigenvalue weighted by atomic mass is 19.1. The maximum absolute atomic E-state index is 14.2. The molecule has 10 N–H and O–H groups in total. The summed E-state index contributed by atoms with van der Waals surface area (Å²) in [6.07, 6.45) is -1.58. The van der Waals surface area contributed by atoms with Gasteiger partial charge >= 0.3 is 0 Å². The predicted octanol–water partition coefficient (Wildman–Crippen LogP) is 0.399. The SMILES string of the molecule is CC[C@H]1O[C@@H](c2cnc(C(N)=NC=N)[nH]2)[C@H](F)[C@@H]1C.N=C(N=CN)c1ncc([C@@H]2O[C@H](CO)[C@@H](O)[C@H]2F)[nH]1. The molecule has 2 aliphatic heterocycles. The molecule has 0 radical (unpaired) electrons. The lowest BCUT2D eigenvalue weighted by Crippen LogP contribution is -2.30. The Kier molecular flexibility index (Phi) is 9.73. The van der Waals surface area contributed by atoms with Crippen molar-refractivity contribution in [3.8, 4) is 0 Å². The van der Waals surface area contributed by atoms with Crippen molar-refractivity contribution in [2.45, 2.75) is 63.1 Å². The lowest BCUT2D eigenvalue weighted by molar-refractivity contribution is -0.0235. The first kappa shape index (κ1) is 29.0. The average Bonchev–Trinajstić information content (AvgIpc) is 3.69. The Morgan fingerprint density at radius 3 is 2.24 bits per heavy atom. The van der Waals surface area contributed by atoms with Gasteiger partial charge in [0.25, 0.3) is 0 Å². The number of halogens is 2. The van der Waals surface area contributed by atoms with E-state index in [-0.39, 0.29) is 35.2 Å². The molecule has 0 spiro atoms. The van der Waals surface area contributed by atoms with Crippen LogP contribution in [0, 0.1) is 16.7 Å². The number of aliphatic hydroxyl groups excluding tert-OH is 2. The Balaban J connectivity index is 0.000000211. The summed E-state index contributed by atoms with van der Waals surface area (Å²) in [7, 11) is 0. The van der Waals surface area contributed by atoms with Gasteiger partial charge in [0.2, 0.25) is 0 Å². The molecule has 16 heteroatoms. The van der Waals surface area contributed by atoms with Gasteiger partial charge in [-0.25, -0.2) is 28.7 Å². The van der Waals surface area contributed by atoms with E-state index in [2.05, 4.69) is 29.9 Å². The average molecular weight is 539 g/mol. The van der Waals surface area contributed by atoms with E-state index in [1.807, 2.05) is 13.8 Å². The Morgan fingerprint density at radius 2 is 1.71 bits per heavy atom. The number of aromatic nitrogens is 4. The van der Waals surface area contributed by atoms with E-state index in [4.69, 9.17) is 36.9 Å². The second-order valence-electron chi connectivity index (χ2n) is 8.66. The summed E-state index contributed by atoms with van der Waals surface area (Å²) >= 11 is 0. The Morgan fingerprint density at radius 1 is 1.13 bits per heavy atom. The first-order valence-electron chi connectivity index (χ1n) is 11.8. The number of nitrogens with zero attached hydrogens (tertiary/aromatic N) is 4. The lowest BCUT2D eigenvalue weighted by Gasteiger charge is -2.11. The van der Waals surface area contributed by atoms with Crippen LogP contribution in [0.3, 0.4) is 0 Å². The van der Waals surface area contributed by atoms with E-state index in [9.17, 15) is 13.9 Å². The summed E-state index contributed by atoms with van der Waals surface area (Å²) in [5.41, 5.74) is 11.5. The molecule has 208 valence electrons. The number of aromatic amines is 2. The quantitative estimate of drug-likeness (QED) is 0.181. The summed E-state index contributed by atoms with van der Waals surface area (Å²) in [5.74, 6) is 0.168. The molecule has 2 saturated heterocycles. The number of nitrogens with two attached hydrogens (primary N) is 2. The van der Waals surface area contributed by atoms with Crippen molar-refractivity contribution in [3.63, 3.8) is 0 Å². The molecule has 2 fully saturated rings. The van der Waals surface area contributed by atoms with Gasteiger partial charge in [0.15, 0.2) is 29.5 Å². The second kappa shape index (κ2) is 12.8. The maximum Gasteiger partial charge on any atom is 0.189 e. The number of aliphatic imine (C=N–C) groups is 2. The van der Waals surface area contributed by atoms with E-state index in [1.165, 1.54) is 12.4 Å². The molecule has 0 bridgehead atoms. The molecule has 2 aromatic heterocycles. The van der Waals surface area contributed by atoms with E-state index in [0.717, 1.165) is 19.1 Å². The molecular weight excluding hydrogens is 506 g/mol. The summed E-state index contributed by atoms with van der Waals surface area (Å²) in [4.78, 5) is 20.6. The van der Waals surface area contributed by atoms with Crippen molar-refractivity contribution in [2.24, 2.45) is 27.4 Å². The van der Waals surface area contributed by atoms with Crippen LogP contribution in [0.4, 0.5) is 8.78 Å². The summed E-state index contributed by atoms with van der Waals surface area (Å²) in [6, 6.07) is 0. The minimum Gasteiger partial charge on any atom is -0.394 e.